The maximum absolute atomic E-state index is 10.7. The zero-order valence-corrected chi connectivity index (χ0v) is 9.07. The number of hydrogen-bond acceptors (Lipinski definition) is 4. The lowest BCUT2D eigenvalue weighted by Gasteiger charge is -2.24. The predicted molar refractivity (Wildman–Crippen MR) is 60.6 cm³/mol. The molecule has 0 aromatic heterocycles. The minimum absolute atomic E-state index is 0.346. The van der Waals surface area contributed by atoms with Crippen molar-refractivity contribution in [2.75, 3.05) is 19.6 Å². The monoisotopic (exact) mass is 223 g/mol. The van der Waals surface area contributed by atoms with Gasteiger partial charge in [0, 0.05) is 37.8 Å². The highest BCUT2D eigenvalue weighted by Crippen LogP contribution is 2.08. The van der Waals surface area contributed by atoms with Crippen LogP contribution in [0.4, 0.5) is 5.69 Å². The van der Waals surface area contributed by atoms with E-state index in [1.54, 1.807) is 12.1 Å². The second-order valence-electron chi connectivity index (χ2n) is 4.06. The molecule has 1 fully saturated rings. The first-order valence-electron chi connectivity index (χ1n) is 5.52. The molecule has 16 heavy (non-hydrogen) atoms. The zero-order valence-electron chi connectivity index (χ0n) is 9.07. The molecule has 0 amide bonds. The molecule has 1 saturated heterocycles. The third-order valence-electron chi connectivity index (χ3n) is 2.81. The lowest BCUT2D eigenvalue weighted by atomic mass is 10.0. The van der Waals surface area contributed by atoms with Gasteiger partial charge >= 0.3 is 0 Å². The van der Waals surface area contributed by atoms with E-state index in [4.69, 9.17) is 5.21 Å². The van der Waals surface area contributed by atoms with E-state index in [0.29, 0.717) is 11.7 Å². The van der Waals surface area contributed by atoms with Gasteiger partial charge in [-0.2, -0.15) is 5.23 Å². The van der Waals surface area contributed by atoms with Crippen LogP contribution < -0.4 is 15.9 Å². The van der Waals surface area contributed by atoms with E-state index in [9.17, 15) is 5.21 Å². The molecule has 1 heterocycles. The fraction of sp³-hybridized carbons (Fsp3) is 0.455. The number of benzene rings is 1. The Labute approximate surface area is 94.6 Å². The van der Waals surface area contributed by atoms with Gasteiger partial charge in [0.2, 0.25) is 0 Å². The highest BCUT2D eigenvalue weighted by atomic mass is 16.8. The molecule has 0 aliphatic carbocycles. The second kappa shape index (κ2) is 5.38. The summed E-state index contributed by atoms with van der Waals surface area (Å²) >= 11 is 0. The molecule has 1 aromatic rings. The molecule has 5 heteroatoms. The number of rotatable bonds is 3. The summed E-state index contributed by atoms with van der Waals surface area (Å²) in [6, 6.07) is 7.55. The van der Waals surface area contributed by atoms with Gasteiger partial charge < -0.3 is 15.8 Å². The van der Waals surface area contributed by atoms with Crippen molar-refractivity contribution in [3.63, 3.8) is 0 Å². The van der Waals surface area contributed by atoms with Crippen LogP contribution >= 0.6 is 0 Å². The number of quaternary nitrogens is 1. The Bertz CT molecular complexity index is 321. The maximum atomic E-state index is 10.7. The Balaban J connectivity index is 1.93. The van der Waals surface area contributed by atoms with E-state index in [1.807, 2.05) is 12.1 Å². The standard InChI is InChI=1S/C11H17N3O2/c15-14(16)11-3-1-9(2-4-11)7-10-8-12-5-6-13-10/h1-4,10,12-15H,5-8H2. The van der Waals surface area contributed by atoms with Crippen LogP contribution in [0.15, 0.2) is 24.3 Å². The van der Waals surface area contributed by atoms with Crippen molar-refractivity contribution in [3.05, 3.63) is 35.0 Å². The van der Waals surface area contributed by atoms with E-state index >= 15 is 0 Å². The van der Waals surface area contributed by atoms with Gasteiger partial charge in [-0.3, -0.25) is 0 Å². The SMILES string of the molecule is [O-][NH+](O)c1ccc(CC2CNCCN2)cc1. The highest BCUT2D eigenvalue weighted by Gasteiger charge is 2.12. The van der Waals surface area contributed by atoms with Gasteiger partial charge in [-0.25, -0.2) is 5.21 Å². The third kappa shape index (κ3) is 3.01. The number of nitrogens with one attached hydrogen (secondary N) is 3. The van der Waals surface area contributed by atoms with Gasteiger partial charge in [0.25, 0.3) is 0 Å². The molecule has 1 aliphatic rings. The lowest BCUT2D eigenvalue weighted by molar-refractivity contribution is -0.991. The molecule has 4 N–H and O–H groups in total. The van der Waals surface area contributed by atoms with Gasteiger partial charge in [-0.1, -0.05) is 12.1 Å². The third-order valence-corrected chi connectivity index (χ3v) is 2.81. The Morgan fingerprint density at radius 1 is 1.31 bits per heavy atom. The summed E-state index contributed by atoms with van der Waals surface area (Å²) in [6.45, 7) is 2.99. The molecule has 1 aliphatic heterocycles. The quantitative estimate of drug-likeness (QED) is 0.506. The van der Waals surface area contributed by atoms with E-state index in [0.717, 1.165) is 26.1 Å². The lowest BCUT2D eigenvalue weighted by Crippen LogP contribution is -2.99. The van der Waals surface area contributed by atoms with E-state index in [-0.39, 0.29) is 0 Å². The van der Waals surface area contributed by atoms with Crippen LogP contribution in [0, 0.1) is 5.21 Å². The van der Waals surface area contributed by atoms with Crippen LogP contribution in [-0.2, 0) is 6.42 Å². The Kier molecular flexibility index (Phi) is 3.87. The van der Waals surface area contributed by atoms with Crippen LogP contribution in [0.2, 0.25) is 0 Å². The first kappa shape index (κ1) is 11.5. The zero-order chi connectivity index (χ0) is 11.4. The van der Waals surface area contributed by atoms with Crippen molar-refractivity contribution in [3.8, 4) is 0 Å². The van der Waals surface area contributed by atoms with Crippen molar-refractivity contribution in [1.82, 2.24) is 10.6 Å². The van der Waals surface area contributed by atoms with Crippen molar-refractivity contribution in [2.45, 2.75) is 12.5 Å². The first-order chi connectivity index (χ1) is 7.75. The normalized spacial score (nSPS) is 23.0. The van der Waals surface area contributed by atoms with Crippen molar-refractivity contribution in [1.29, 1.82) is 0 Å². The molecule has 2 rings (SSSR count). The van der Waals surface area contributed by atoms with Crippen molar-refractivity contribution in [2.24, 2.45) is 0 Å². The van der Waals surface area contributed by atoms with E-state index in [1.165, 1.54) is 5.56 Å². The second-order valence-corrected chi connectivity index (χ2v) is 4.06. The molecule has 0 saturated carbocycles. The average molecular weight is 223 g/mol. The molecule has 0 bridgehead atoms. The van der Waals surface area contributed by atoms with Crippen LogP contribution in [0.1, 0.15) is 5.56 Å². The molecular weight excluding hydrogens is 206 g/mol. The van der Waals surface area contributed by atoms with Gasteiger partial charge in [0.05, 0.1) is 0 Å². The molecule has 5 nitrogen and oxygen atoms in total. The number of piperazine rings is 1. The van der Waals surface area contributed by atoms with Gasteiger partial charge in [-0.15, -0.1) is 0 Å². The van der Waals surface area contributed by atoms with Crippen molar-refractivity contribution >= 4 is 5.69 Å². The summed E-state index contributed by atoms with van der Waals surface area (Å²) in [6.07, 6.45) is 0.937. The molecule has 2 atom stereocenters. The Hall–Kier alpha value is -0.980. The smallest absolute Gasteiger partial charge is 0.163 e. The maximum Gasteiger partial charge on any atom is 0.163 e. The van der Waals surface area contributed by atoms with E-state index < -0.39 is 5.23 Å². The van der Waals surface area contributed by atoms with Gasteiger partial charge in [0.1, 0.15) is 0 Å². The highest BCUT2D eigenvalue weighted by molar-refractivity contribution is 5.32. The van der Waals surface area contributed by atoms with Crippen LogP contribution in [-0.4, -0.2) is 30.9 Å². The molecule has 2 unspecified atom stereocenters. The minimum Gasteiger partial charge on any atom is -0.595 e. The molecule has 88 valence electrons. The summed E-state index contributed by atoms with van der Waals surface area (Å²) in [4.78, 5) is 0. The molecule has 0 radical (unpaired) electrons. The van der Waals surface area contributed by atoms with Gasteiger partial charge in [-0.05, 0) is 12.0 Å². The van der Waals surface area contributed by atoms with E-state index in [2.05, 4.69) is 10.6 Å². The molecular formula is C11H17N3O2. The number of hydrogen-bond donors (Lipinski definition) is 4. The van der Waals surface area contributed by atoms with Crippen LogP contribution in [0.5, 0.6) is 0 Å². The summed E-state index contributed by atoms with van der Waals surface area (Å²) in [5.74, 6) is 0. The topological polar surface area (TPSA) is 71.8 Å². The van der Waals surface area contributed by atoms with Crippen molar-refractivity contribution < 1.29 is 10.4 Å². The summed E-state index contributed by atoms with van der Waals surface area (Å²) in [5, 5.41) is 25.3. The fourth-order valence-corrected chi connectivity index (χ4v) is 1.93. The average Bonchev–Trinajstić information content (AvgIpc) is 2.31. The minimum atomic E-state index is -0.871. The summed E-state index contributed by atoms with van der Waals surface area (Å²) in [7, 11) is 0. The first-order valence-corrected chi connectivity index (χ1v) is 5.52. The Morgan fingerprint density at radius 3 is 2.62 bits per heavy atom. The molecule has 1 aromatic carbocycles. The van der Waals surface area contributed by atoms with Gasteiger partial charge in [0.15, 0.2) is 5.69 Å². The van der Waals surface area contributed by atoms with Crippen LogP contribution in [0.25, 0.3) is 0 Å². The Morgan fingerprint density at radius 2 is 2.06 bits per heavy atom. The largest absolute Gasteiger partial charge is 0.595 e. The summed E-state index contributed by atoms with van der Waals surface area (Å²) < 4.78 is 0. The summed E-state index contributed by atoms with van der Waals surface area (Å²) in [5.41, 5.74) is 1.52. The fourth-order valence-electron chi connectivity index (χ4n) is 1.93. The van der Waals surface area contributed by atoms with Crippen LogP contribution in [0.3, 0.4) is 0 Å². The molecule has 0 spiro atoms. The predicted octanol–water partition coefficient (Wildman–Crippen LogP) is -0.806.